The molecule has 0 saturated carbocycles. The van der Waals surface area contributed by atoms with Gasteiger partial charge in [-0.15, -0.1) is 0 Å². The number of nitrogens with one attached hydrogen (secondary N) is 1. The molecule has 2 rings (SSSR count). The Kier molecular flexibility index (Phi) is 3.93. The van der Waals surface area contributed by atoms with Crippen LogP contribution in [0.2, 0.25) is 0 Å². The smallest absolute Gasteiger partial charge is 0.389 e. The molecule has 0 spiro atoms. The quantitative estimate of drug-likeness (QED) is 0.627. The highest BCUT2D eigenvalue weighted by Gasteiger charge is 2.13. The first-order chi connectivity index (χ1) is 9.95. The van der Waals surface area contributed by atoms with E-state index in [2.05, 4.69) is 10.4 Å². The Hall–Kier alpha value is -3.23. The Morgan fingerprint density at radius 3 is 2.48 bits per heavy atom. The number of aromatic nitrogens is 2. The number of amides is 1. The van der Waals surface area contributed by atoms with E-state index in [1.165, 1.54) is 36.5 Å². The Balaban J connectivity index is 1.97. The van der Waals surface area contributed by atoms with E-state index >= 15 is 0 Å². The van der Waals surface area contributed by atoms with E-state index < -0.39 is 16.8 Å². The second kappa shape index (κ2) is 5.82. The van der Waals surface area contributed by atoms with Crippen molar-refractivity contribution in [3.05, 3.63) is 52.2 Å². The maximum Gasteiger partial charge on any atom is 0.389 e. The predicted molar refractivity (Wildman–Crippen MR) is 70.9 cm³/mol. The van der Waals surface area contributed by atoms with Crippen LogP contribution < -0.4 is 5.32 Å². The minimum atomic E-state index is -1.06. The number of anilines is 1. The van der Waals surface area contributed by atoms with Gasteiger partial charge in [0.25, 0.3) is 0 Å². The first kappa shape index (κ1) is 14.2. The summed E-state index contributed by atoms with van der Waals surface area (Å²) in [7, 11) is 0. The lowest BCUT2D eigenvalue weighted by atomic mass is 10.2. The van der Waals surface area contributed by atoms with Crippen molar-refractivity contribution < 1.29 is 19.6 Å². The van der Waals surface area contributed by atoms with E-state index in [9.17, 15) is 19.7 Å². The zero-order valence-corrected chi connectivity index (χ0v) is 10.6. The lowest BCUT2D eigenvalue weighted by molar-refractivity contribution is -0.389. The Morgan fingerprint density at radius 2 is 1.95 bits per heavy atom. The maximum atomic E-state index is 11.7. The fourth-order valence-corrected chi connectivity index (χ4v) is 1.58. The van der Waals surface area contributed by atoms with Crippen LogP contribution in [0.25, 0.3) is 0 Å². The lowest BCUT2D eigenvalue weighted by Crippen LogP contribution is -2.19. The molecule has 0 unspecified atom stereocenters. The van der Waals surface area contributed by atoms with Crippen LogP contribution in [0.4, 0.5) is 11.5 Å². The summed E-state index contributed by atoms with van der Waals surface area (Å²) in [6.45, 7) is -0.186. The summed E-state index contributed by atoms with van der Waals surface area (Å²) in [5.74, 6) is -1.83. The molecule has 0 aliphatic heterocycles. The molecule has 0 fully saturated rings. The highest BCUT2D eigenvalue weighted by Crippen LogP contribution is 2.10. The summed E-state index contributed by atoms with van der Waals surface area (Å²) >= 11 is 0. The van der Waals surface area contributed by atoms with E-state index in [1.807, 2.05) is 0 Å². The van der Waals surface area contributed by atoms with Crippen LogP contribution in [0.15, 0.2) is 36.5 Å². The van der Waals surface area contributed by atoms with Gasteiger partial charge in [0.1, 0.15) is 6.54 Å². The normalized spacial score (nSPS) is 10.1. The van der Waals surface area contributed by atoms with E-state index in [4.69, 9.17) is 5.11 Å². The van der Waals surface area contributed by atoms with E-state index in [0.29, 0.717) is 5.69 Å². The third kappa shape index (κ3) is 3.62. The highest BCUT2D eigenvalue weighted by molar-refractivity contribution is 5.92. The molecule has 2 aromatic rings. The number of carboxylic acids is 1. The molecule has 108 valence electrons. The van der Waals surface area contributed by atoms with Crippen molar-refractivity contribution in [3.8, 4) is 0 Å². The van der Waals surface area contributed by atoms with Gasteiger partial charge in [0.15, 0.2) is 0 Å². The first-order valence-electron chi connectivity index (χ1n) is 5.77. The topological polar surface area (TPSA) is 127 Å². The summed E-state index contributed by atoms with van der Waals surface area (Å²) in [6, 6.07) is 6.81. The number of aromatic carboxylic acids is 1. The van der Waals surface area contributed by atoms with Gasteiger partial charge in [-0.3, -0.25) is 4.79 Å². The molecule has 0 aliphatic rings. The van der Waals surface area contributed by atoms with Crippen molar-refractivity contribution >= 4 is 23.4 Å². The van der Waals surface area contributed by atoms with Gasteiger partial charge in [0, 0.05) is 5.69 Å². The molecule has 0 atom stereocenters. The fourth-order valence-electron chi connectivity index (χ4n) is 1.58. The van der Waals surface area contributed by atoms with Gasteiger partial charge >= 0.3 is 11.8 Å². The van der Waals surface area contributed by atoms with E-state index in [0.717, 1.165) is 4.68 Å². The highest BCUT2D eigenvalue weighted by atomic mass is 16.6. The molecule has 1 aromatic heterocycles. The van der Waals surface area contributed by atoms with E-state index in [1.54, 1.807) is 0 Å². The van der Waals surface area contributed by atoms with Crippen LogP contribution in [0.1, 0.15) is 10.4 Å². The predicted octanol–water partition coefficient (Wildman–Crippen LogP) is 1.13. The minimum Gasteiger partial charge on any atom is -0.478 e. The third-order valence-electron chi connectivity index (χ3n) is 2.53. The van der Waals surface area contributed by atoms with Crippen molar-refractivity contribution in [2.24, 2.45) is 0 Å². The van der Waals surface area contributed by atoms with Crippen molar-refractivity contribution in [3.63, 3.8) is 0 Å². The number of hydrogen-bond acceptors (Lipinski definition) is 5. The third-order valence-corrected chi connectivity index (χ3v) is 2.53. The van der Waals surface area contributed by atoms with Gasteiger partial charge in [-0.05, 0) is 29.2 Å². The number of carboxylic acid groups (broad SMARTS) is 1. The Bertz CT molecular complexity index is 692. The molecular weight excluding hydrogens is 280 g/mol. The zero-order valence-electron chi connectivity index (χ0n) is 10.6. The molecule has 9 heteroatoms. The molecule has 2 N–H and O–H groups in total. The van der Waals surface area contributed by atoms with Crippen LogP contribution in [-0.4, -0.2) is 31.7 Å². The number of nitro groups is 1. The second-order valence-corrected chi connectivity index (χ2v) is 4.06. The molecule has 1 amide bonds. The number of carbonyl (C=O) groups excluding carboxylic acids is 1. The monoisotopic (exact) mass is 290 g/mol. The molecule has 0 bridgehead atoms. The average Bonchev–Trinajstić information content (AvgIpc) is 2.87. The standard InChI is InChI=1S/C12H10N4O5/c17-11(7-15-6-5-10(14-15)16(20)21)13-9-3-1-8(2-4-9)12(18)19/h1-6H,7H2,(H,13,17)(H,18,19). The summed E-state index contributed by atoms with van der Waals surface area (Å²) in [6.07, 6.45) is 1.32. The van der Waals surface area contributed by atoms with Gasteiger partial charge in [-0.25, -0.2) is 4.79 Å². The first-order valence-corrected chi connectivity index (χ1v) is 5.77. The number of hydrogen-bond donors (Lipinski definition) is 2. The molecule has 1 heterocycles. The van der Waals surface area contributed by atoms with Crippen molar-refractivity contribution in [2.75, 3.05) is 5.32 Å². The van der Waals surface area contributed by atoms with Crippen LogP contribution in [0.5, 0.6) is 0 Å². The molecule has 0 aliphatic carbocycles. The van der Waals surface area contributed by atoms with Gasteiger partial charge < -0.3 is 20.5 Å². The van der Waals surface area contributed by atoms with Crippen molar-refractivity contribution in [1.82, 2.24) is 9.78 Å². The number of nitrogens with zero attached hydrogens (tertiary/aromatic N) is 3. The fraction of sp³-hybridized carbons (Fsp3) is 0.0833. The summed E-state index contributed by atoms with van der Waals surface area (Å²) < 4.78 is 1.14. The Morgan fingerprint density at radius 1 is 1.29 bits per heavy atom. The van der Waals surface area contributed by atoms with E-state index in [-0.39, 0.29) is 17.9 Å². The number of rotatable bonds is 5. The molecule has 9 nitrogen and oxygen atoms in total. The zero-order chi connectivity index (χ0) is 15.4. The Labute approximate surface area is 118 Å². The van der Waals surface area contributed by atoms with Crippen LogP contribution >= 0.6 is 0 Å². The van der Waals surface area contributed by atoms with Gasteiger partial charge in [-0.2, -0.15) is 4.68 Å². The lowest BCUT2D eigenvalue weighted by Gasteiger charge is -2.04. The second-order valence-electron chi connectivity index (χ2n) is 4.06. The van der Waals surface area contributed by atoms with Gasteiger partial charge in [-0.1, -0.05) is 0 Å². The van der Waals surface area contributed by atoms with Gasteiger partial charge in [0.2, 0.25) is 5.91 Å². The molecule has 0 saturated heterocycles. The van der Waals surface area contributed by atoms with Crippen LogP contribution in [-0.2, 0) is 11.3 Å². The summed E-state index contributed by atoms with van der Waals surface area (Å²) in [4.78, 5) is 32.2. The molecule has 21 heavy (non-hydrogen) atoms. The van der Waals surface area contributed by atoms with Crippen LogP contribution in [0, 0.1) is 10.1 Å². The largest absolute Gasteiger partial charge is 0.478 e. The summed E-state index contributed by atoms with van der Waals surface area (Å²) in [5.41, 5.74) is 0.530. The summed E-state index contributed by atoms with van der Waals surface area (Å²) in [5, 5.41) is 25.3. The molecular formula is C12H10N4O5. The number of carbonyl (C=O) groups is 2. The molecule has 0 radical (unpaired) electrons. The van der Waals surface area contributed by atoms with Crippen molar-refractivity contribution in [1.29, 1.82) is 0 Å². The minimum absolute atomic E-state index is 0.107. The van der Waals surface area contributed by atoms with Crippen LogP contribution in [0.3, 0.4) is 0 Å². The maximum absolute atomic E-state index is 11.7. The van der Waals surface area contributed by atoms with Gasteiger partial charge in [0.05, 0.1) is 22.9 Å². The average molecular weight is 290 g/mol. The van der Waals surface area contributed by atoms with Crippen molar-refractivity contribution in [2.45, 2.75) is 6.54 Å². The number of benzene rings is 1. The SMILES string of the molecule is O=C(Cn1ccc([N+](=O)[O-])n1)Nc1ccc(C(=O)O)cc1. The molecule has 1 aromatic carbocycles.